The summed E-state index contributed by atoms with van der Waals surface area (Å²) in [5.41, 5.74) is 2.46. The Labute approximate surface area is 117 Å². The third-order valence-electron chi connectivity index (χ3n) is 4.29. The zero-order valence-electron chi connectivity index (χ0n) is 11.8. The molecule has 1 aliphatic heterocycles. The minimum absolute atomic E-state index is 0.00944. The van der Waals surface area contributed by atoms with Crippen molar-refractivity contribution in [2.75, 3.05) is 6.61 Å². The van der Waals surface area contributed by atoms with Crippen LogP contribution in [0.15, 0.2) is 24.3 Å². The molecule has 0 amide bonds. The van der Waals surface area contributed by atoms with Crippen molar-refractivity contribution in [3.05, 3.63) is 35.5 Å². The quantitative estimate of drug-likeness (QED) is 0.903. The first-order chi connectivity index (χ1) is 9.54. The number of carboxylic acids is 1. The normalized spacial score (nSPS) is 22.1. The molecule has 4 nitrogen and oxygen atoms in total. The first kappa shape index (κ1) is 13.2. The second kappa shape index (κ2) is 4.63. The fraction of sp³-hybridized carbons (Fsp3) is 0.438. The average Bonchev–Trinajstić information content (AvgIpc) is 2.78. The minimum atomic E-state index is -0.829. The van der Waals surface area contributed by atoms with Crippen LogP contribution in [0.4, 0.5) is 0 Å². The van der Waals surface area contributed by atoms with Gasteiger partial charge in [-0.1, -0.05) is 32.0 Å². The SMILES string of the molecule is CC(C)C1(CC(=O)O)OCCc2c1[nH]c1ccccc21. The van der Waals surface area contributed by atoms with E-state index in [2.05, 4.69) is 11.1 Å². The number of fused-ring (bicyclic) bond motifs is 3. The largest absolute Gasteiger partial charge is 0.481 e. The Bertz CT molecular complexity index is 659. The Kier molecular flexibility index (Phi) is 3.05. The van der Waals surface area contributed by atoms with Crippen LogP contribution in [0, 0.1) is 5.92 Å². The molecule has 2 N–H and O–H groups in total. The molecule has 2 heterocycles. The molecule has 0 bridgehead atoms. The molecule has 1 unspecified atom stereocenters. The Morgan fingerprint density at radius 1 is 1.45 bits per heavy atom. The fourth-order valence-electron chi connectivity index (χ4n) is 3.25. The van der Waals surface area contributed by atoms with Crippen LogP contribution >= 0.6 is 0 Å². The molecule has 4 heteroatoms. The van der Waals surface area contributed by atoms with E-state index in [1.165, 1.54) is 10.9 Å². The topological polar surface area (TPSA) is 62.3 Å². The Morgan fingerprint density at radius 2 is 2.20 bits per heavy atom. The van der Waals surface area contributed by atoms with Crippen LogP contribution in [-0.4, -0.2) is 22.7 Å². The summed E-state index contributed by atoms with van der Waals surface area (Å²) in [6.07, 6.45) is 0.817. The highest BCUT2D eigenvalue weighted by Crippen LogP contribution is 2.43. The minimum Gasteiger partial charge on any atom is -0.481 e. The maximum Gasteiger partial charge on any atom is 0.306 e. The van der Waals surface area contributed by atoms with Crippen molar-refractivity contribution < 1.29 is 14.6 Å². The molecule has 0 spiro atoms. The molecular formula is C16H19NO3. The molecule has 1 atom stereocenters. The molecule has 0 saturated carbocycles. The van der Waals surface area contributed by atoms with Gasteiger partial charge in [0.15, 0.2) is 0 Å². The number of aromatic nitrogens is 1. The molecule has 1 aromatic carbocycles. The number of carboxylic acid groups (broad SMARTS) is 1. The number of rotatable bonds is 3. The summed E-state index contributed by atoms with van der Waals surface area (Å²) >= 11 is 0. The number of hydrogen-bond donors (Lipinski definition) is 2. The van der Waals surface area contributed by atoms with E-state index in [0.29, 0.717) is 6.61 Å². The van der Waals surface area contributed by atoms with Crippen molar-refractivity contribution in [1.82, 2.24) is 4.98 Å². The highest BCUT2D eigenvalue weighted by Gasteiger charge is 2.44. The van der Waals surface area contributed by atoms with E-state index < -0.39 is 11.6 Å². The molecule has 2 aromatic rings. The molecule has 1 aliphatic rings. The van der Waals surface area contributed by atoms with Gasteiger partial charge in [0, 0.05) is 10.9 Å². The smallest absolute Gasteiger partial charge is 0.306 e. The third kappa shape index (κ3) is 1.83. The van der Waals surface area contributed by atoms with Crippen LogP contribution in [0.5, 0.6) is 0 Å². The molecule has 0 saturated heterocycles. The van der Waals surface area contributed by atoms with Crippen molar-refractivity contribution in [1.29, 1.82) is 0 Å². The van der Waals surface area contributed by atoms with E-state index in [1.54, 1.807) is 0 Å². The molecule has 1 aromatic heterocycles. The van der Waals surface area contributed by atoms with Crippen LogP contribution in [0.25, 0.3) is 10.9 Å². The van der Waals surface area contributed by atoms with Crippen molar-refractivity contribution in [2.24, 2.45) is 5.92 Å². The Hall–Kier alpha value is -1.81. The number of aliphatic carboxylic acids is 1. The van der Waals surface area contributed by atoms with Gasteiger partial charge in [-0.3, -0.25) is 4.79 Å². The number of H-pyrrole nitrogens is 1. The van der Waals surface area contributed by atoms with Gasteiger partial charge < -0.3 is 14.8 Å². The Balaban J connectivity index is 2.23. The number of ether oxygens (including phenoxy) is 1. The van der Waals surface area contributed by atoms with Gasteiger partial charge in [-0.05, 0) is 24.0 Å². The Morgan fingerprint density at radius 3 is 2.90 bits per heavy atom. The van der Waals surface area contributed by atoms with E-state index >= 15 is 0 Å². The van der Waals surface area contributed by atoms with Crippen molar-refractivity contribution in [3.8, 4) is 0 Å². The first-order valence-electron chi connectivity index (χ1n) is 7.00. The van der Waals surface area contributed by atoms with Gasteiger partial charge in [-0.2, -0.15) is 0 Å². The van der Waals surface area contributed by atoms with Crippen molar-refractivity contribution >= 4 is 16.9 Å². The second-order valence-electron chi connectivity index (χ2n) is 5.74. The summed E-state index contributed by atoms with van der Waals surface area (Å²) in [6.45, 7) is 4.60. The lowest BCUT2D eigenvalue weighted by Crippen LogP contribution is -2.42. The number of para-hydroxylation sites is 1. The maximum atomic E-state index is 11.3. The lowest BCUT2D eigenvalue weighted by Gasteiger charge is -2.39. The maximum absolute atomic E-state index is 11.3. The summed E-state index contributed by atoms with van der Waals surface area (Å²) in [5, 5.41) is 10.5. The third-order valence-corrected chi connectivity index (χ3v) is 4.29. The van der Waals surface area contributed by atoms with Gasteiger partial charge in [0.05, 0.1) is 18.7 Å². The zero-order valence-corrected chi connectivity index (χ0v) is 11.8. The van der Waals surface area contributed by atoms with Gasteiger partial charge in [-0.15, -0.1) is 0 Å². The first-order valence-corrected chi connectivity index (χ1v) is 7.00. The van der Waals surface area contributed by atoms with Crippen LogP contribution in [0.1, 0.15) is 31.5 Å². The van der Waals surface area contributed by atoms with Crippen LogP contribution in [0.3, 0.4) is 0 Å². The number of hydrogen-bond acceptors (Lipinski definition) is 2. The summed E-state index contributed by atoms with van der Waals surface area (Å²) in [7, 11) is 0. The molecular weight excluding hydrogens is 254 g/mol. The molecule has 0 fully saturated rings. The van der Waals surface area contributed by atoms with Gasteiger partial charge in [-0.25, -0.2) is 0 Å². The summed E-state index contributed by atoms with van der Waals surface area (Å²) in [5.74, 6) is -0.740. The highest BCUT2D eigenvalue weighted by molar-refractivity contribution is 5.85. The number of carbonyl (C=O) groups is 1. The van der Waals surface area contributed by atoms with E-state index in [0.717, 1.165) is 17.6 Å². The summed E-state index contributed by atoms with van der Waals surface area (Å²) in [4.78, 5) is 14.7. The lowest BCUT2D eigenvalue weighted by molar-refractivity contribution is -0.154. The van der Waals surface area contributed by atoms with Crippen LogP contribution in [0.2, 0.25) is 0 Å². The fourth-order valence-corrected chi connectivity index (χ4v) is 3.25. The zero-order chi connectivity index (χ0) is 14.3. The van der Waals surface area contributed by atoms with Gasteiger partial charge in [0.2, 0.25) is 0 Å². The van der Waals surface area contributed by atoms with E-state index in [4.69, 9.17) is 4.74 Å². The summed E-state index contributed by atoms with van der Waals surface area (Å²) in [6, 6.07) is 8.11. The standard InChI is InChI=1S/C16H19NO3/c1-10(2)16(9-14(18)19)15-12(7-8-20-16)11-5-3-4-6-13(11)17-15/h3-6,10,17H,7-9H2,1-2H3,(H,18,19). The molecule has 0 aliphatic carbocycles. The molecule has 20 heavy (non-hydrogen) atoms. The summed E-state index contributed by atoms with van der Waals surface area (Å²) < 4.78 is 5.98. The second-order valence-corrected chi connectivity index (χ2v) is 5.74. The molecule has 3 rings (SSSR count). The number of benzene rings is 1. The van der Waals surface area contributed by atoms with Crippen LogP contribution < -0.4 is 0 Å². The van der Waals surface area contributed by atoms with Gasteiger partial charge in [0.1, 0.15) is 5.60 Å². The number of aromatic amines is 1. The highest BCUT2D eigenvalue weighted by atomic mass is 16.5. The monoisotopic (exact) mass is 273 g/mol. The van der Waals surface area contributed by atoms with Gasteiger partial charge in [0.25, 0.3) is 0 Å². The van der Waals surface area contributed by atoms with Gasteiger partial charge >= 0.3 is 5.97 Å². The predicted molar refractivity (Wildman–Crippen MR) is 76.7 cm³/mol. The van der Waals surface area contributed by atoms with E-state index in [9.17, 15) is 9.90 Å². The van der Waals surface area contributed by atoms with E-state index in [-0.39, 0.29) is 12.3 Å². The molecule has 106 valence electrons. The lowest BCUT2D eigenvalue weighted by atomic mass is 9.80. The molecule has 0 radical (unpaired) electrons. The number of nitrogens with one attached hydrogen (secondary N) is 1. The van der Waals surface area contributed by atoms with Crippen LogP contribution in [-0.2, 0) is 21.6 Å². The van der Waals surface area contributed by atoms with Crippen molar-refractivity contribution in [3.63, 3.8) is 0 Å². The van der Waals surface area contributed by atoms with Crippen molar-refractivity contribution in [2.45, 2.75) is 32.3 Å². The predicted octanol–water partition coefficient (Wildman–Crippen LogP) is 3.07. The van der Waals surface area contributed by atoms with E-state index in [1.807, 2.05) is 32.0 Å². The average molecular weight is 273 g/mol.